The zero-order valence-electron chi connectivity index (χ0n) is 8.84. The molecule has 0 aliphatic rings. The molecule has 0 aliphatic carbocycles. The molecule has 0 aliphatic heterocycles. The lowest BCUT2D eigenvalue weighted by Gasteiger charge is -2.29. The molecular weight excluding hydrogens is 168 g/mol. The average molecular weight is 190 g/mol. The highest BCUT2D eigenvalue weighted by molar-refractivity contribution is 4.78. The summed E-state index contributed by atoms with van der Waals surface area (Å²) >= 11 is 0. The molecule has 0 aromatic carbocycles. The van der Waals surface area contributed by atoms with E-state index in [2.05, 4.69) is 5.32 Å². The summed E-state index contributed by atoms with van der Waals surface area (Å²) in [4.78, 5) is 0. The number of aliphatic hydroxyl groups is 1. The molecule has 0 radical (unpaired) electrons. The van der Waals surface area contributed by atoms with Gasteiger partial charge in [-0.25, -0.2) is 0 Å². The van der Waals surface area contributed by atoms with Crippen LogP contribution < -0.4 is 11.1 Å². The van der Waals surface area contributed by atoms with Crippen molar-refractivity contribution in [1.82, 2.24) is 5.32 Å². The van der Waals surface area contributed by atoms with E-state index in [1.807, 2.05) is 20.8 Å². The second kappa shape index (κ2) is 6.32. The van der Waals surface area contributed by atoms with Gasteiger partial charge in [0.05, 0.1) is 18.8 Å². The average Bonchev–Trinajstić information content (AvgIpc) is 2.03. The standard InChI is InChI=1S/C9H22N2O2/c1-8(10)9(2,3)13-7-5-11-4-6-12/h8,11-12H,4-7,10H2,1-3H3. The Morgan fingerprint density at radius 1 is 1.46 bits per heavy atom. The Kier molecular flexibility index (Phi) is 6.24. The molecule has 4 N–H and O–H groups in total. The summed E-state index contributed by atoms with van der Waals surface area (Å²) < 4.78 is 5.57. The minimum Gasteiger partial charge on any atom is -0.395 e. The van der Waals surface area contributed by atoms with Crippen molar-refractivity contribution in [2.75, 3.05) is 26.3 Å². The van der Waals surface area contributed by atoms with E-state index in [4.69, 9.17) is 15.6 Å². The van der Waals surface area contributed by atoms with Gasteiger partial charge in [0.25, 0.3) is 0 Å². The van der Waals surface area contributed by atoms with E-state index in [0.717, 1.165) is 6.54 Å². The van der Waals surface area contributed by atoms with Crippen LogP contribution in [-0.2, 0) is 4.74 Å². The van der Waals surface area contributed by atoms with E-state index >= 15 is 0 Å². The third kappa shape index (κ3) is 5.99. The molecule has 0 rings (SSSR count). The highest BCUT2D eigenvalue weighted by Gasteiger charge is 2.22. The molecule has 0 aromatic heterocycles. The lowest BCUT2D eigenvalue weighted by molar-refractivity contribution is -0.0300. The third-order valence-corrected chi connectivity index (χ3v) is 2.14. The molecule has 0 amide bonds. The van der Waals surface area contributed by atoms with Crippen LogP contribution in [0.1, 0.15) is 20.8 Å². The van der Waals surface area contributed by atoms with Crippen LogP contribution in [0.15, 0.2) is 0 Å². The second-order valence-corrected chi connectivity index (χ2v) is 3.71. The predicted molar refractivity (Wildman–Crippen MR) is 53.6 cm³/mol. The Labute approximate surface area is 80.5 Å². The first-order valence-electron chi connectivity index (χ1n) is 4.72. The van der Waals surface area contributed by atoms with E-state index in [9.17, 15) is 0 Å². The van der Waals surface area contributed by atoms with E-state index in [1.165, 1.54) is 0 Å². The number of nitrogens with one attached hydrogen (secondary N) is 1. The Hall–Kier alpha value is -0.160. The third-order valence-electron chi connectivity index (χ3n) is 2.14. The maximum Gasteiger partial charge on any atom is 0.0774 e. The Morgan fingerprint density at radius 3 is 2.54 bits per heavy atom. The lowest BCUT2D eigenvalue weighted by Crippen LogP contribution is -2.44. The van der Waals surface area contributed by atoms with E-state index in [-0.39, 0.29) is 18.2 Å². The van der Waals surface area contributed by atoms with E-state index < -0.39 is 0 Å². The van der Waals surface area contributed by atoms with Crippen LogP contribution in [0.2, 0.25) is 0 Å². The van der Waals surface area contributed by atoms with Crippen LogP contribution in [0.25, 0.3) is 0 Å². The summed E-state index contributed by atoms with van der Waals surface area (Å²) in [5, 5.41) is 11.5. The van der Waals surface area contributed by atoms with Crippen LogP contribution in [0.5, 0.6) is 0 Å². The number of aliphatic hydroxyl groups excluding tert-OH is 1. The summed E-state index contributed by atoms with van der Waals surface area (Å²) in [6.07, 6.45) is 0. The molecule has 0 spiro atoms. The normalized spacial score (nSPS) is 14.5. The van der Waals surface area contributed by atoms with Gasteiger partial charge in [-0.15, -0.1) is 0 Å². The van der Waals surface area contributed by atoms with Gasteiger partial charge < -0.3 is 20.9 Å². The second-order valence-electron chi connectivity index (χ2n) is 3.71. The quantitative estimate of drug-likeness (QED) is 0.483. The molecule has 0 saturated heterocycles. The lowest BCUT2D eigenvalue weighted by atomic mass is 10.0. The van der Waals surface area contributed by atoms with Gasteiger partial charge in [0, 0.05) is 19.1 Å². The highest BCUT2D eigenvalue weighted by atomic mass is 16.5. The first-order valence-corrected chi connectivity index (χ1v) is 4.72. The van der Waals surface area contributed by atoms with Crippen LogP contribution in [-0.4, -0.2) is 43.1 Å². The summed E-state index contributed by atoms with van der Waals surface area (Å²) in [5.74, 6) is 0. The molecular formula is C9H22N2O2. The van der Waals surface area contributed by atoms with Crippen LogP contribution in [0.3, 0.4) is 0 Å². The minimum absolute atomic E-state index is 0.0188. The van der Waals surface area contributed by atoms with Crippen molar-refractivity contribution < 1.29 is 9.84 Å². The Morgan fingerprint density at radius 2 is 2.08 bits per heavy atom. The van der Waals surface area contributed by atoms with Crippen molar-refractivity contribution in [1.29, 1.82) is 0 Å². The SMILES string of the molecule is CC(N)C(C)(C)OCCNCCO. The van der Waals surface area contributed by atoms with Crippen LogP contribution in [0.4, 0.5) is 0 Å². The van der Waals surface area contributed by atoms with Gasteiger partial charge >= 0.3 is 0 Å². The number of hydrogen-bond donors (Lipinski definition) is 3. The fraction of sp³-hybridized carbons (Fsp3) is 1.00. The van der Waals surface area contributed by atoms with Crippen molar-refractivity contribution >= 4 is 0 Å². The van der Waals surface area contributed by atoms with Crippen molar-refractivity contribution in [3.05, 3.63) is 0 Å². The number of hydrogen-bond acceptors (Lipinski definition) is 4. The molecule has 1 unspecified atom stereocenters. The smallest absolute Gasteiger partial charge is 0.0774 e. The molecule has 0 fully saturated rings. The zero-order valence-corrected chi connectivity index (χ0v) is 8.84. The van der Waals surface area contributed by atoms with Gasteiger partial charge in [-0.1, -0.05) is 0 Å². The number of ether oxygens (including phenoxy) is 1. The largest absolute Gasteiger partial charge is 0.395 e. The maximum absolute atomic E-state index is 8.49. The van der Waals surface area contributed by atoms with Gasteiger partial charge in [-0.3, -0.25) is 0 Å². The van der Waals surface area contributed by atoms with Crippen LogP contribution >= 0.6 is 0 Å². The van der Waals surface area contributed by atoms with Crippen molar-refractivity contribution in [3.8, 4) is 0 Å². The molecule has 4 nitrogen and oxygen atoms in total. The fourth-order valence-electron chi connectivity index (χ4n) is 0.722. The molecule has 13 heavy (non-hydrogen) atoms. The molecule has 0 heterocycles. The first kappa shape index (κ1) is 12.8. The number of rotatable bonds is 7. The van der Waals surface area contributed by atoms with Gasteiger partial charge in [-0.05, 0) is 20.8 Å². The molecule has 4 heteroatoms. The molecule has 1 atom stereocenters. The zero-order chi connectivity index (χ0) is 10.3. The summed E-state index contributed by atoms with van der Waals surface area (Å²) in [7, 11) is 0. The van der Waals surface area contributed by atoms with Crippen molar-refractivity contribution in [2.24, 2.45) is 5.73 Å². The summed E-state index contributed by atoms with van der Waals surface area (Å²) in [5.41, 5.74) is 5.45. The molecule has 0 bridgehead atoms. The topological polar surface area (TPSA) is 67.5 Å². The van der Waals surface area contributed by atoms with Crippen molar-refractivity contribution in [3.63, 3.8) is 0 Å². The van der Waals surface area contributed by atoms with E-state index in [1.54, 1.807) is 0 Å². The van der Waals surface area contributed by atoms with Gasteiger partial charge in [0.1, 0.15) is 0 Å². The van der Waals surface area contributed by atoms with Crippen molar-refractivity contribution in [2.45, 2.75) is 32.4 Å². The maximum atomic E-state index is 8.49. The monoisotopic (exact) mass is 190 g/mol. The van der Waals surface area contributed by atoms with Gasteiger partial charge in [0.15, 0.2) is 0 Å². The summed E-state index contributed by atoms with van der Waals surface area (Å²) in [6, 6.07) is 0.0188. The van der Waals surface area contributed by atoms with Crippen LogP contribution in [0, 0.1) is 0 Å². The molecule has 0 saturated carbocycles. The van der Waals surface area contributed by atoms with E-state index in [0.29, 0.717) is 13.2 Å². The predicted octanol–water partition coefficient (Wildman–Crippen LogP) is -0.289. The molecule has 80 valence electrons. The Balaban J connectivity index is 3.41. The van der Waals surface area contributed by atoms with Gasteiger partial charge in [0.2, 0.25) is 0 Å². The van der Waals surface area contributed by atoms with Gasteiger partial charge in [-0.2, -0.15) is 0 Å². The summed E-state index contributed by atoms with van der Waals surface area (Å²) in [6.45, 7) is 8.03. The number of nitrogens with two attached hydrogens (primary N) is 1. The minimum atomic E-state index is -0.277. The fourth-order valence-corrected chi connectivity index (χ4v) is 0.722. The highest BCUT2D eigenvalue weighted by Crippen LogP contribution is 2.11. The first-order chi connectivity index (χ1) is 6.00. The Bertz CT molecular complexity index is 127. The molecule has 0 aromatic rings.